The van der Waals surface area contributed by atoms with E-state index in [1.807, 2.05) is 0 Å². The van der Waals surface area contributed by atoms with Crippen LogP contribution in [-0.4, -0.2) is 46.0 Å². The van der Waals surface area contributed by atoms with Gasteiger partial charge in [-0.15, -0.1) is 0 Å². The summed E-state index contributed by atoms with van der Waals surface area (Å²) in [6.45, 7) is 3.28. The highest BCUT2D eigenvalue weighted by Crippen LogP contribution is 2.13. The molecule has 5 nitrogen and oxygen atoms in total. The van der Waals surface area contributed by atoms with Crippen molar-refractivity contribution in [2.45, 2.75) is 19.8 Å². The van der Waals surface area contributed by atoms with Gasteiger partial charge in [0.05, 0.1) is 5.56 Å². The van der Waals surface area contributed by atoms with Crippen molar-refractivity contribution in [1.82, 2.24) is 9.88 Å². The Hall–Kier alpha value is -1.40. The van der Waals surface area contributed by atoms with Crippen molar-refractivity contribution in [3.8, 4) is 0 Å². The Morgan fingerprint density at radius 2 is 2.06 bits per heavy atom. The van der Waals surface area contributed by atoms with E-state index in [0.717, 1.165) is 25.9 Å². The summed E-state index contributed by atoms with van der Waals surface area (Å²) in [5.41, 5.74) is 1.32. The van der Waals surface area contributed by atoms with Crippen molar-refractivity contribution < 1.29 is 14.8 Å². The van der Waals surface area contributed by atoms with E-state index in [-0.39, 0.29) is 11.4 Å². The molecule has 1 aliphatic rings. The highest BCUT2D eigenvalue weighted by Gasteiger charge is 2.23. The second-order valence-electron chi connectivity index (χ2n) is 4.27. The molecule has 90 valence electrons. The molecule has 2 rings (SSSR count). The van der Waals surface area contributed by atoms with E-state index in [1.165, 1.54) is 12.3 Å². The summed E-state index contributed by atoms with van der Waals surface area (Å²) in [5, 5.41) is 18.2. The normalized spacial score (nSPS) is 15.1. The van der Waals surface area contributed by atoms with Gasteiger partial charge in [-0.2, -0.15) is 0 Å². The van der Waals surface area contributed by atoms with Gasteiger partial charge in [-0.05, 0) is 25.8 Å². The Labute approximate surface area is 100 Å². The molecule has 1 amide bonds. The minimum atomic E-state index is -1.59. The number of likely N-dealkylation sites (tertiary alicyclic amines) is 1. The summed E-state index contributed by atoms with van der Waals surface area (Å²) < 4.78 is 0. The van der Waals surface area contributed by atoms with E-state index in [1.54, 1.807) is 11.8 Å². The molecule has 17 heavy (non-hydrogen) atoms. The maximum Gasteiger partial charge on any atom is 0.490 e. The number of carbonyl (C=O) groups is 1. The van der Waals surface area contributed by atoms with E-state index in [2.05, 4.69) is 4.98 Å². The molecule has 6 heteroatoms. The summed E-state index contributed by atoms with van der Waals surface area (Å²) in [5.74, 6) is -0.0741. The van der Waals surface area contributed by atoms with Gasteiger partial charge < -0.3 is 14.9 Å². The quantitative estimate of drug-likeness (QED) is 0.664. The maximum absolute atomic E-state index is 12.2. The Morgan fingerprint density at radius 3 is 2.65 bits per heavy atom. The number of rotatable bonds is 2. The standard InChI is InChI=1S/C11H15BN2O3/c1-8-10(6-9(7-13-8)12(16)17)11(15)14-4-2-3-5-14/h6-7,16-17H,2-5H2,1H3. The molecule has 1 saturated heterocycles. The van der Waals surface area contributed by atoms with E-state index in [0.29, 0.717) is 11.3 Å². The summed E-state index contributed by atoms with van der Waals surface area (Å²) in [6, 6.07) is 1.51. The average Bonchev–Trinajstić information content (AvgIpc) is 2.81. The van der Waals surface area contributed by atoms with Crippen molar-refractivity contribution >= 4 is 18.5 Å². The van der Waals surface area contributed by atoms with Crippen LogP contribution < -0.4 is 5.46 Å². The lowest BCUT2D eigenvalue weighted by atomic mass is 9.80. The van der Waals surface area contributed by atoms with E-state index < -0.39 is 7.12 Å². The summed E-state index contributed by atoms with van der Waals surface area (Å²) >= 11 is 0. The minimum Gasteiger partial charge on any atom is -0.423 e. The predicted molar refractivity (Wildman–Crippen MR) is 63.9 cm³/mol. The van der Waals surface area contributed by atoms with Crippen LogP contribution in [0.2, 0.25) is 0 Å². The smallest absolute Gasteiger partial charge is 0.423 e. The molecular weight excluding hydrogens is 219 g/mol. The first kappa shape index (κ1) is 12.1. The van der Waals surface area contributed by atoms with Crippen LogP contribution in [-0.2, 0) is 0 Å². The van der Waals surface area contributed by atoms with Crippen LogP contribution in [0.15, 0.2) is 12.3 Å². The molecule has 0 spiro atoms. The molecule has 1 fully saturated rings. The topological polar surface area (TPSA) is 73.7 Å². The molecule has 0 unspecified atom stereocenters. The fourth-order valence-electron chi connectivity index (χ4n) is 2.00. The van der Waals surface area contributed by atoms with Gasteiger partial charge in [-0.1, -0.05) is 0 Å². The maximum atomic E-state index is 12.2. The molecule has 2 heterocycles. The van der Waals surface area contributed by atoms with Crippen LogP contribution in [0.4, 0.5) is 0 Å². The number of aromatic nitrogens is 1. The van der Waals surface area contributed by atoms with E-state index >= 15 is 0 Å². The predicted octanol–water partition coefficient (Wildman–Crippen LogP) is -0.694. The van der Waals surface area contributed by atoms with Gasteiger partial charge in [0.1, 0.15) is 0 Å². The van der Waals surface area contributed by atoms with E-state index in [9.17, 15) is 4.79 Å². The first-order valence-corrected chi connectivity index (χ1v) is 5.71. The van der Waals surface area contributed by atoms with Crippen LogP contribution in [0.25, 0.3) is 0 Å². The average molecular weight is 234 g/mol. The highest BCUT2D eigenvalue weighted by atomic mass is 16.4. The van der Waals surface area contributed by atoms with Crippen LogP contribution in [0, 0.1) is 6.92 Å². The third-order valence-corrected chi connectivity index (χ3v) is 3.03. The first-order valence-electron chi connectivity index (χ1n) is 5.71. The molecule has 0 aromatic carbocycles. The summed E-state index contributed by atoms with van der Waals surface area (Å²) in [7, 11) is -1.59. The Balaban J connectivity index is 2.29. The number of aryl methyl sites for hydroxylation is 1. The number of hydrogen-bond donors (Lipinski definition) is 2. The molecule has 0 atom stereocenters. The lowest BCUT2D eigenvalue weighted by molar-refractivity contribution is 0.0791. The minimum absolute atomic E-state index is 0.0741. The fourth-order valence-corrected chi connectivity index (χ4v) is 2.00. The molecule has 2 N–H and O–H groups in total. The zero-order valence-corrected chi connectivity index (χ0v) is 9.76. The Bertz CT molecular complexity index is 431. The molecule has 0 aliphatic carbocycles. The van der Waals surface area contributed by atoms with Crippen molar-refractivity contribution in [2.24, 2.45) is 0 Å². The first-order chi connectivity index (χ1) is 8.09. The van der Waals surface area contributed by atoms with Crippen molar-refractivity contribution in [3.63, 3.8) is 0 Å². The SMILES string of the molecule is Cc1ncc(B(O)O)cc1C(=O)N1CCCC1. The van der Waals surface area contributed by atoms with Crippen LogP contribution >= 0.6 is 0 Å². The second-order valence-corrected chi connectivity index (χ2v) is 4.27. The highest BCUT2D eigenvalue weighted by molar-refractivity contribution is 6.58. The monoisotopic (exact) mass is 234 g/mol. The lowest BCUT2D eigenvalue weighted by Gasteiger charge is -2.16. The van der Waals surface area contributed by atoms with E-state index in [4.69, 9.17) is 10.0 Å². The van der Waals surface area contributed by atoms with Gasteiger partial charge in [0, 0.05) is 30.4 Å². The molecule has 1 aromatic rings. The molecular formula is C11H15BN2O3. The number of carbonyl (C=O) groups excluding carboxylic acids is 1. The van der Waals surface area contributed by atoms with Gasteiger partial charge in [-0.3, -0.25) is 9.78 Å². The zero-order chi connectivity index (χ0) is 12.4. The third kappa shape index (κ3) is 2.48. The zero-order valence-electron chi connectivity index (χ0n) is 9.76. The molecule has 1 aromatic heterocycles. The van der Waals surface area contributed by atoms with Crippen LogP contribution in [0.5, 0.6) is 0 Å². The van der Waals surface area contributed by atoms with Gasteiger partial charge in [-0.25, -0.2) is 0 Å². The molecule has 1 aliphatic heterocycles. The van der Waals surface area contributed by atoms with Gasteiger partial charge >= 0.3 is 7.12 Å². The van der Waals surface area contributed by atoms with Gasteiger partial charge in [0.2, 0.25) is 0 Å². The van der Waals surface area contributed by atoms with Gasteiger partial charge in [0.25, 0.3) is 5.91 Å². The van der Waals surface area contributed by atoms with Crippen molar-refractivity contribution in [1.29, 1.82) is 0 Å². The number of pyridine rings is 1. The van der Waals surface area contributed by atoms with Gasteiger partial charge in [0.15, 0.2) is 0 Å². The van der Waals surface area contributed by atoms with Crippen molar-refractivity contribution in [3.05, 3.63) is 23.5 Å². The fraction of sp³-hybridized carbons (Fsp3) is 0.455. The van der Waals surface area contributed by atoms with Crippen LogP contribution in [0.3, 0.4) is 0 Å². The summed E-state index contributed by atoms with van der Waals surface area (Å²) in [6.07, 6.45) is 3.43. The largest absolute Gasteiger partial charge is 0.490 e. The molecule has 0 bridgehead atoms. The third-order valence-electron chi connectivity index (χ3n) is 3.03. The molecule has 0 saturated carbocycles. The molecule has 0 radical (unpaired) electrons. The number of amides is 1. The second kappa shape index (κ2) is 4.85. The van der Waals surface area contributed by atoms with Crippen LogP contribution in [0.1, 0.15) is 28.9 Å². The number of nitrogens with zero attached hydrogens (tertiary/aromatic N) is 2. The Morgan fingerprint density at radius 1 is 1.41 bits per heavy atom. The van der Waals surface area contributed by atoms with Crippen molar-refractivity contribution in [2.75, 3.05) is 13.1 Å². The Kier molecular flexibility index (Phi) is 3.45. The summed E-state index contributed by atoms with van der Waals surface area (Å²) in [4.78, 5) is 18.0. The number of hydrogen-bond acceptors (Lipinski definition) is 4. The lowest BCUT2D eigenvalue weighted by Crippen LogP contribution is -2.34.